The molecule has 0 N–H and O–H groups in total. The average molecular weight is 346 g/mol. The normalized spacial score (nSPS) is 12.8. The van der Waals surface area contributed by atoms with E-state index in [2.05, 4.69) is 15.1 Å². The van der Waals surface area contributed by atoms with Crippen molar-refractivity contribution in [2.75, 3.05) is 0 Å². The number of rotatable bonds is 2. The van der Waals surface area contributed by atoms with Crippen molar-refractivity contribution in [3.63, 3.8) is 0 Å². The van der Waals surface area contributed by atoms with Gasteiger partial charge in [-0.25, -0.2) is 0 Å². The van der Waals surface area contributed by atoms with Crippen molar-refractivity contribution in [2.45, 2.75) is 18.9 Å². The van der Waals surface area contributed by atoms with Crippen LogP contribution in [0.2, 0.25) is 0 Å². The summed E-state index contributed by atoms with van der Waals surface area (Å²) in [5.41, 5.74) is -1.65. The van der Waals surface area contributed by atoms with Gasteiger partial charge in [0.2, 0.25) is 0 Å². The first-order valence-corrected chi connectivity index (χ1v) is 6.57. The fourth-order valence-electron chi connectivity index (χ4n) is 2.37. The number of pyridine rings is 2. The molecule has 0 aliphatic rings. The Morgan fingerprint density at radius 3 is 2.33 bits per heavy atom. The molecule has 0 saturated carbocycles. The van der Waals surface area contributed by atoms with Crippen molar-refractivity contribution in [3.8, 4) is 11.1 Å². The van der Waals surface area contributed by atoms with Gasteiger partial charge in [0.25, 0.3) is 0 Å². The lowest BCUT2D eigenvalue weighted by Gasteiger charge is -2.14. The molecule has 3 aromatic heterocycles. The van der Waals surface area contributed by atoms with Gasteiger partial charge < -0.3 is 0 Å². The molecule has 24 heavy (non-hydrogen) atoms. The summed E-state index contributed by atoms with van der Waals surface area (Å²) in [7, 11) is 0. The lowest BCUT2D eigenvalue weighted by molar-refractivity contribution is -0.142. The molecule has 0 bridgehead atoms. The van der Waals surface area contributed by atoms with Gasteiger partial charge >= 0.3 is 12.4 Å². The van der Waals surface area contributed by atoms with Crippen molar-refractivity contribution in [1.29, 1.82) is 0 Å². The predicted octanol–water partition coefficient (Wildman–Crippen LogP) is 4.07. The Hall–Kier alpha value is -2.65. The van der Waals surface area contributed by atoms with Gasteiger partial charge in [-0.1, -0.05) is 6.07 Å². The SMILES string of the molecule is FC(F)(F)Cn1ncc2nccc(-c3cccnc3C(F)(F)F)c21. The Kier molecular flexibility index (Phi) is 3.69. The molecule has 0 spiro atoms. The van der Waals surface area contributed by atoms with Gasteiger partial charge in [-0.15, -0.1) is 0 Å². The number of hydrogen-bond acceptors (Lipinski definition) is 3. The fraction of sp³-hybridized carbons (Fsp3) is 0.214. The number of alkyl halides is 6. The lowest BCUT2D eigenvalue weighted by Crippen LogP contribution is -2.19. The van der Waals surface area contributed by atoms with Gasteiger partial charge in [-0.05, 0) is 12.1 Å². The van der Waals surface area contributed by atoms with Crippen molar-refractivity contribution < 1.29 is 26.3 Å². The highest BCUT2D eigenvalue weighted by atomic mass is 19.4. The van der Waals surface area contributed by atoms with Crippen molar-refractivity contribution in [3.05, 3.63) is 42.5 Å². The van der Waals surface area contributed by atoms with Crippen molar-refractivity contribution in [2.24, 2.45) is 0 Å². The summed E-state index contributed by atoms with van der Waals surface area (Å²) in [6.45, 7) is -1.43. The van der Waals surface area contributed by atoms with Crippen LogP contribution in [0.15, 0.2) is 36.8 Å². The Morgan fingerprint density at radius 2 is 1.67 bits per heavy atom. The largest absolute Gasteiger partial charge is 0.433 e. The molecule has 126 valence electrons. The first-order valence-electron chi connectivity index (χ1n) is 6.57. The van der Waals surface area contributed by atoms with E-state index in [4.69, 9.17) is 0 Å². The van der Waals surface area contributed by atoms with Crippen LogP contribution >= 0.6 is 0 Å². The van der Waals surface area contributed by atoms with Gasteiger partial charge in [-0.3, -0.25) is 14.6 Å². The monoisotopic (exact) mass is 346 g/mol. The molecular weight excluding hydrogens is 338 g/mol. The topological polar surface area (TPSA) is 43.6 Å². The summed E-state index contributed by atoms with van der Waals surface area (Å²) < 4.78 is 78.1. The Labute approximate surface area is 130 Å². The summed E-state index contributed by atoms with van der Waals surface area (Å²) in [6.07, 6.45) is -6.06. The third-order valence-corrected chi connectivity index (χ3v) is 3.23. The minimum atomic E-state index is -4.75. The molecule has 3 rings (SSSR count). The summed E-state index contributed by atoms with van der Waals surface area (Å²) in [6, 6.07) is 3.64. The van der Waals surface area contributed by atoms with Crippen LogP contribution in [-0.2, 0) is 12.7 Å². The molecule has 0 aromatic carbocycles. The van der Waals surface area contributed by atoms with E-state index in [1.807, 2.05) is 0 Å². The second kappa shape index (κ2) is 5.46. The van der Waals surface area contributed by atoms with Crippen LogP contribution < -0.4 is 0 Å². The van der Waals surface area contributed by atoms with Crippen LogP contribution in [0.3, 0.4) is 0 Å². The zero-order chi connectivity index (χ0) is 17.5. The van der Waals surface area contributed by atoms with E-state index < -0.39 is 24.6 Å². The first kappa shape index (κ1) is 16.2. The van der Waals surface area contributed by atoms with E-state index in [0.717, 1.165) is 18.5 Å². The smallest absolute Gasteiger partial charge is 0.253 e. The second-order valence-electron chi connectivity index (χ2n) is 4.91. The quantitative estimate of drug-likeness (QED) is 0.657. The highest BCUT2D eigenvalue weighted by Crippen LogP contribution is 2.37. The highest BCUT2D eigenvalue weighted by Gasteiger charge is 2.36. The third kappa shape index (κ3) is 3.03. The summed E-state index contributed by atoms with van der Waals surface area (Å²) >= 11 is 0. The average Bonchev–Trinajstić information content (AvgIpc) is 2.88. The third-order valence-electron chi connectivity index (χ3n) is 3.23. The van der Waals surface area contributed by atoms with E-state index >= 15 is 0 Å². The molecule has 0 atom stereocenters. The molecule has 0 radical (unpaired) electrons. The maximum absolute atomic E-state index is 13.2. The van der Waals surface area contributed by atoms with Crippen LogP contribution in [0, 0.1) is 0 Å². The zero-order valence-corrected chi connectivity index (χ0v) is 11.7. The lowest BCUT2D eigenvalue weighted by atomic mass is 10.0. The number of nitrogens with zero attached hydrogens (tertiary/aromatic N) is 4. The van der Waals surface area contributed by atoms with Crippen LogP contribution in [0.4, 0.5) is 26.3 Å². The first-order chi connectivity index (χ1) is 11.2. The van der Waals surface area contributed by atoms with Gasteiger partial charge in [0.05, 0.1) is 11.7 Å². The zero-order valence-electron chi connectivity index (χ0n) is 11.7. The number of hydrogen-bond donors (Lipinski definition) is 0. The minimum absolute atomic E-state index is 0.0636. The fourth-order valence-corrected chi connectivity index (χ4v) is 2.37. The summed E-state index contributed by atoms with van der Waals surface area (Å²) in [4.78, 5) is 7.18. The molecule has 3 aromatic rings. The van der Waals surface area contributed by atoms with Gasteiger partial charge in [0.1, 0.15) is 12.1 Å². The van der Waals surface area contributed by atoms with Gasteiger partial charge in [0, 0.05) is 23.5 Å². The van der Waals surface area contributed by atoms with Gasteiger partial charge in [-0.2, -0.15) is 31.4 Å². The summed E-state index contributed by atoms with van der Waals surface area (Å²) in [5, 5.41) is 3.59. The highest BCUT2D eigenvalue weighted by molar-refractivity contribution is 5.92. The molecule has 0 aliphatic heterocycles. The molecule has 0 amide bonds. The maximum Gasteiger partial charge on any atom is 0.433 e. The van der Waals surface area contributed by atoms with Crippen molar-refractivity contribution in [1.82, 2.24) is 19.7 Å². The molecule has 0 saturated heterocycles. The Morgan fingerprint density at radius 1 is 0.917 bits per heavy atom. The predicted molar refractivity (Wildman–Crippen MR) is 71.8 cm³/mol. The van der Waals surface area contributed by atoms with E-state index in [0.29, 0.717) is 4.68 Å². The number of fused-ring (bicyclic) bond motifs is 1. The number of aromatic nitrogens is 4. The second-order valence-corrected chi connectivity index (χ2v) is 4.91. The molecule has 10 heteroatoms. The summed E-state index contributed by atoms with van der Waals surface area (Å²) in [5.74, 6) is 0. The molecule has 0 fully saturated rings. The molecule has 0 unspecified atom stereocenters. The van der Waals surface area contributed by atoms with Crippen LogP contribution in [0.25, 0.3) is 22.2 Å². The molecular formula is C14H8F6N4. The van der Waals surface area contributed by atoms with E-state index in [9.17, 15) is 26.3 Å². The Bertz CT molecular complexity index is 881. The molecule has 3 heterocycles. The van der Waals surface area contributed by atoms with E-state index in [1.165, 1.54) is 18.3 Å². The van der Waals surface area contributed by atoms with Crippen LogP contribution in [-0.4, -0.2) is 25.9 Å². The van der Waals surface area contributed by atoms with Crippen LogP contribution in [0.5, 0.6) is 0 Å². The van der Waals surface area contributed by atoms with E-state index in [-0.39, 0.29) is 22.2 Å². The molecule has 0 aliphatic carbocycles. The van der Waals surface area contributed by atoms with Gasteiger partial charge in [0.15, 0.2) is 5.69 Å². The maximum atomic E-state index is 13.2. The van der Waals surface area contributed by atoms with Crippen molar-refractivity contribution >= 4 is 11.0 Å². The standard InChI is InChI=1S/C14H8F6N4/c15-13(16,17)7-24-11-8(3-5-21-10(11)6-23-24)9-2-1-4-22-12(9)14(18,19)20/h1-6H,7H2. The minimum Gasteiger partial charge on any atom is -0.253 e. The van der Waals surface area contributed by atoms with Crippen LogP contribution in [0.1, 0.15) is 5.69 Å². The Balaban J connectivity index is 2.27. The number of halogens is 6. The van der Waals surface area contributed by atoms with E-state index in [1.54, 1.807) is 0 Å². The molecule has 4 nitrogen and oxygen atoms in total.